The number of pyridine rings is 1. The first-order valence-electron chi connectivity index (χ1n) is 9.59. The van der Waals surface area contributed by atoms with Crippen molar-refractivity contribution in [1.29, 1.82) is 0 Å². The summed E-state index contributed by atoms with van der Waals surface area (Å²) in [6.07, 6.45) is 3.14. The highest BCUT2D eigenvalue weighted by atomic mass is 19.1. The number of nitrogens with one attached hydrogen (secondary N) is 2. The lowest BCUT2D eigenvalue weighted by molar-refractivity contribution is -0.0227. The van der Waals surface area contributed by atoms with Gasteiger partial charge < -0.3 is 24.0 Å². The van der Waals surface area contributed by atoms with E-state index in [-0.39, 0.29) is 23.2 Å². The van der Waals surface area contributed by atoms with E-state index in [1.54, 1.807) is 36.7 Å². The van der Waals surface area contributed by atoms with Gasteiger partial charge in [-0.2, -0.15) is 0 Å². The number of amides is 1. The van der Waals surface area contributed by atoms with Crippen LogP contribution in [-0.2, 0) is 4.74 Å². The summed E-state index contributed by atoms with van der Waals surface area (Å²) in [5.74, 6) is -0.301. The molecule has 31 heavy (non-hydrogen) atoms. The molecule has 0 radical (unpaired) electrons. The van der Waals surface area contributed by atoms with Crippen molar-refractivity contribution in [3.63, 3.8) is 0 Å². The van der Waals surface area contributed by atoms with Crippen LogP contribution in [0, 0.1) is 5.82 Å². The molecule has 5 rings (SSSR count). The maximum absolute atomic E-state index is 13.4. The second kappa shape index (κ2) is 7.69. The molecule has 0 saturated carbocycles. The van der Waals surface area contributed by atoms with Gasteiger partial charge in [0.25, 0.3) is 5.91 Å². The van der Waals surface area contributed by atoms with E-state index in [0.717, 1.165) is 5.56 Å². The number of furan rings is 1. The number of hydrogen-bond donors (Lipinski definition) is 2. The number of carbonyl (C=O) groups excluding carboxylic acids is 1. The number of hydrogen-bond acceptors (Lipinski definition) is 5. The van der Waals surface area contributed by atoms with Crippen LogP contribution in [0.25, 0.3) is 22.7 Å². The Morgan fingerprint density at radius 2 is 1.97 bits per heavy atom. The zero-order valence-corrected chi connectivity index (χ0v) is 16.2. The van der Waals surface area contributed by atoms with Gasteiger partial charge in [-0.25, -0.2) is 9.37 Å². The Bertz CT molecular complexity index is 1300. The molecule has 9 heteroatoms. The van der Waals surface area contributed by atoms with Crippen LogP contribution in [0.3, 0.4) is 0 Å². The van der Waals surface area contributed by atoms with E-state index in [0.29, 0.717) is 36.0 Å². The van der Waals surface area contributed by atoms with Crippen LogP contribution >= 0.6 is 0 Å². The fourth-order valence-electron chi connectivity index (χ4n) is 3.39. The maximum Gasteiger partial charge on any atom is 0.291 e. The van der Waals surface area contributed by atoms with E-state index in [1.165, 1.54) is 24.4 Å². The monoisotopic (exact) mass is 420 g/mol. The molecule has 8 nitrogen and oxygen atoms in total. The number of imidazole rings is 1. The molecule has 0 aliphatic carbocycles. The van der Waals surface area contributed by atoms with Crippen molar-refractivity contribution in [3.05, 3.63) is 83.0 Å². The van der Waals surface area contributed by atoms with Crippen LogP contribution < -0.4 is 10.9 Å². The van der Waals surface area contributed by atoms with Crippen molar-refractivity contribution in [2.24, 2.45) is 0 Å². The highest BCUT2D eigenvalue weighted by Gasteiger charge is 2.28. The molecule has 4 heterocycles. The van der Waals surface area contributed by atoms with Crippen LogP contribution in [0.4, 0.5) is 10.1 Å². The SMILES string of the molecule is O=C(Nc1cc[nH]c(=O)c1)c1ccc(-c2c(-c3ccc(F)cc3)ncn2C2COC2)o1. The summed E-state index contributed by atoms with van der Waals surface area (Å²) in [4.78, 5) is 31.0. The number of ether oxygens (including phenoxy) is 1. The minimum absolute atomic E-state index is 0.0814. The van der Waals surface area contributed by atoms with Crippen LogP contribution in [0.2, 0.25) is 0 Å². The van der Waals surface area contributed by atoms with Crippen molar-refractivity contribution in [2.45, 2.75) is 6.04 Å². The molecule has 1 aliphatic heterocycles. The molecule has 1 aromatic carbocycles. The molecule has 1 amide bonds. The number of aromatic nitrogens is 3. The number of rotatable bonds is 5. The van der Waals surface area contributed by atoms with Gasteiger partial charge in [-0.3, -0.25) is 9.59 Å². The van der Waals surface area contributed by atoms with Gasteiger partial charge in [-0.1, -0.05) is 0 Å². The number of carbonyl (C=O) groups is 1. The molecule has 1 aliphatic rings. The van der Waals surface area contributed by atoms with Gasteiger partial charge in [0.15, 0.2) is 11.5 Å². The minimum Gasteiger partial charge on any atom is -0.449 e. The third kappa shape index (κ3) is 3.66. The highest BCUT2D eigenvalue weighted by molar-refractivity contribution is 6.02. The van der Waals surface area contributed by atoms with E-state index in [4.69, 9.17) is 9.15 Å². The zero-order valence-electron chi connectivity index (χ0n) is 16.2. The second-order valence-electron chi connectivity index (χ2n) is 7.11. The first-order valence-corrected chi connectivity index (χ1v) is 9.59. The Hall–Kier alpha value is -3.98. The summed E-state index contributed by atoms with van der Waals surface area (Å²) in [7, 11) is 0. The third-order valence-electron chi connectivity index (χ3n) is 5.02. The van der Waals surface area contributed by atoms with Crippen molar-refractivity contribution in [1.82, 2.24) is 14.5 Å². The van der Waals surface area contributed by atoms with E-state index < -0.39 is 5.91 Å². The number of benzene rings is 1. The van der Waals surface area contributed by atoms with Gasteiger partial charge >= 0.3 is 0 Å². The Morgan fingerprint density at radius 1 is 1.16 bits per heavy atom. The van der Waals surface area contributed by atoms with Gasteiger partial charge in [0.05, 0.1) is 31.3 Å². The first kappa shape index (κ1) is 19.0. The Morgan fingerprint density at radius 3 is 2.68 bits per heavy atom. The Kier molecular flexibility index (Phi) is 4.72. The lowest BCUT2D eigenvalue weighted by Crippen LogP contribution is -2.30. The Balaban J connectivity index is 1.50. The fourth-order valence-corrected chi connectivity index (χ4v) is 3.39. The predicted molar refractivity (Wildman–Crippen MR) is 110 cm³/mol. The fraction of sp³-hybridized carbons (Fsp3) is 0.136. The summed E-state index contributed by atoms with van der Waals surface area (Å²) >= 11 is 0. The topological polar surface area (TPSA) is 102 Å². The van der Waals surface area contributed by atoms with Crippen molar-refractivity contribution in [2.75, 3.05) is 18.5 Å². The summed E-state index contributed by atoms with van der Waals surface area (Å²) in [6, 6.07) is 12.2. The normalized spacial score (nSPS) is 13.7. The average Bonchev–Trinajstić information content (AvgIpc) is 3.35. The quantitative estimate of drug-likeness (QED) is 0.515. The zero-order chi connectivity index (χ0) is 21.4. The van der Waals surface area contributed by atoms with Crippen LogP contribution in [-0.4, -0.2) is 33.7 Å². The minimum atomic E-state index is -0.488. The molecule has 156 valence electrons. The summed E-state index contributed by atoms with van der Waals surface area (Å²) in [5.41, 5.74) is 2.04. The number of halogens is 1. The Labute approximate surface area is 175 Å². The van der Waals surface area contributed by atoms with Crippen molar-refractivity contribution in [3.8, 4) is 22.7 Å². The van der Waals surface area contributed by atoms with Crippen LogP contribution in [0.15, 0.2) is 70.3 Å². The van der Waals surface area contributed by atoms with Gasteiger partial charge in [0.1, 0.15) is 11.5 Å². The predicted octanol–water partition coefficient (Wildman–Crippen LogP) is 3.46. The number of nitrogens with zero attached hydrogens (tertiary/aromatic N) is 2. The summed E-state index contributed by atoms with van der Waals surface area (Å²) in [5, 5.41) is 2.63. The van der Waals surface area contributed by atoms with Crippen LogP contribution in [0.5, 0.6) is 0 Å². The lowest BCUT2D eigenvalue weighted by Gasteiger charge is -2.28. The van der Waals surface area contributed by atoms with Crippen LogP contribution in [0.1, 0.15) is 16.6 Å². The summed E-state index contributed by atoms with van der Waals surface area (Å²) < 4.78 is 26.5. The van der Waals surface area contributed by atoms with Gasteiger partial charge in [0.2, 0.25) is 5.56 Å². The largest absolute Gasteiger partial charge is 0.449 e. The van der Waals surface area contributed by atoms with Gasteiger partial charge in [0, 0.05) is 23.5 Å². The lowest BCUT2D eigenvalue weighted by atomic mass is 10.1. The molecule has 3 aromatic heterocycles. The number of anilines is 1. The molecule has 1 saturated heterocycles. The van der Waals surface area contributed by atoms with E-state index in [2.05, 4.69) is 15.3 Å². The summed E-state index contributed by atoms with van der Waals surface area (Å²) in [6.45, 7) is 1.09. The van der Waals surface area contributed by atoms with Crippen molar-refractivity contribution < 1.29 is 18.3 Å². The molecule has 2 N–H and O–H groups in total. The smallest absolute Gasteiger partial charge is 0.291 e. The highest BCUT2D eigenvalue weighted by Crippen LogP contribution is 2.36. The molecular weight excluding hydrogens is 403 g/mol. The molecule has 4 aromatic rings. The average molecular weight is 420 g/mol. The van der Waals surface area contributed by atoms with E-state index in [9.17, 15) is 14.0 Å². The number of aromatic amines is 1. The molecule has 0 unspecified atom stereocenters. The van der Waals surface area contributed by atoms with E-state index in [1.807, 2.05) is 4.57 Å². The van der Waals surface area contributed by atoms with E-state index >= 15 is 0 Å². The van der Waals surface area contributed by atoms with Gasteiger partial charge in [-0.05, 0) is 42.5 Å². The third-order valence-corrected chi connectivity index (χ3v) is 5.02. The second-order valence-corrected chi connectivity index (χ2v) is 7.11. The molecular formula is C22H17FN4O4. The standard InChI is InChI=1S/C22H17FN4O4/c23-14-3-1-13(2-4-14)20-21(27(12-25-20)16-10-30-11-16)17-5-6-18(31-17)22(29)26-15-7-8-24-19(28)9-15/h1-9,12,16H,10-11H2,(H2,24,26,28,29). The molecule has 0 bridgehead atoms. The molecule has 0 atom stereocenters. The molecule has 0 spiro atoms. The molecule has 1 fully saturated rings. The van der Waals surface area contributed by atoms with Crippen molar-refractivity contribution >= 4 is 11.6 Å². The first-order chi connectivity index (χ1) is 15.1. The maximum atomic E-state index is 13.4. The van der Waals surface area contributed by atoms with Gasteiger partial charge in [-0.15, -0.1) is 0 Å². The number of H-pyrrole nitrogens is 1.